The van der Waals surface area contributed by atoms with Gasteiger partial charge in [-0.3, -0.25) is 14.7 Å². The number of benzene rings is 2. The molecule has 0 spiro atoms. The molecular formula is C24H22ClN3O2S2. The maximum absolute atomic E-state index is 13.3. The summed E-state index contributed by atoms with van der Waals surface area (Å²) in [5, 5.41) is 1.19. The highest BCUT2D eigenvalue weighted by molar-refractivity contribution is 7.99. The predicted molar refractivity (Wildman–Crippen MR) is 133 cm³/mol. The lowest BCUT2D eigenvalue weighted by Gasteiger charge is -2.20. The van der Waals surface area contributed by atoms with E-state index in [0.717, 1.165) is 15.2 Å². The molecule has 0 atom stereocenters. The van der Waals surface area contributed by atoms with Crippen LogP contribution < -0.4 is 9.64 Å². The minimum absolute atomic E-state index is 0.00242. The van der Waals surface area contributed by atoms with Gasteiger partial charge in [0.25, 0.3) is 0 Å². The Kier molecular flexibility index (Phi) is 7.29. The third-order valence-electron chi connectivity index (χ3n) is 4.87. The summed E-state index contributed by atoms with van der Waals surface area (Å²) in [5.41, 5.74) is 2.82. The maximum Gasteiger partial charge on any atom is 0.229 e. The largest absolute Gasteiger partial charge is 0.494 e. The summed E-state index contributed by atoms with van der Waals surface area (Å²) in [6.07, 6.45) is 3.87. The summed E-state index contributed by atoms with van der Waals surface area (Å²) in [7, 11) is 1.60. The highest BCUT2D eigenvalue weighted by Gasteiger charge is 2.22. The number of hydrogen-bond acceptors (Lipinski definition) is 6. The van der Waals surface area contributed by atoms with Crippen molar-refractivity contribution in [2.45, 2.75) is 24.8 Å². The molecule has 32 heavy (non-hydrogen) atoms. The Balaban J connectivity index is 1.58. The van der Waals surface area contributed by atoms with Gasteiger partial charge in [0.15, 0.2) is 5.13 Å². The fourth-order valence-electron chi connectivity index (χ4n) is 3.18. The summed E-state index contributed by atoms with van der Waals surface area (Å²) in [6.45, 7) is 2.45. The molecule has 0 unspecified atom stereocenters. The molecule has 2 heterocycles. The van der Waals surface area contributed by atoms with E-state index in [4.69, 9.17) is 21.3 Å². The maximum atomic E-state index is 13.3. The molecule has 1 amide bonds. The Morgan fingerprint density at radius 3 is 2.72 bits per heavy atom. The quantitative estimate of drug-likeness (QED) is 0.272. The Morgan fingerprint density at radius 1 is 1.19 bits per heavy atom. The number of fused-ring (bicyclic) bond motifs is 1. The second-order valence-electron chi connectivity index (χ2n) is 7.18. The molecule has 0 aliphatic heterocycles. The predicted octanol–water partition coefficient (Wildman–Crippen LogP) is 6.38. The molecule has 4 rings (SSSR count). The van der Waals surface area contributed by atoms with Crippen molar-refractivity contribution >= 4 is 56.0 Å². The Labute approximate surface area is 200 Å². The van der Waals surface area contributed by atoms with Crippen LogP contribution in [0.4, 0.5) is 5.13 Å². The first kappa shape index (κ1) is 22.6. The van der Waals surface area contributed by atoms with E-state index in [9.17, 15) is 4.79 Å². The Hall–Kier alpha value is -2.61. The Bertz CT molecular complexity index is 1210. The number of carbonyl (C=O) groups is 1. The van der Waals surface area contributed by atoms with Crippen LogP contribution in [-0.4, -0.2) is 28.7 Å². The van der Waals surface area contributed by atoms with Crippen molar-refractivity contribution in [2.75, 3.05) is 17.8 Å². The molecule has 0 saturated heterocycles. The van der Waals surface area contributed by atoms with Crippen LogP contribution in [0.5, 0.6) is 5.75 Å². The fraction of sp³-hybridized carbons (Fsp3) is 0.208. The van der Waals surface area contributed by atoms with Crippen molar-refractivity contribution in [3.63, 3.8) is 0 Å². The second kappa shape index (κ2) is 10.3. The van der Waals surface area contributed by atoms with Crippen LogP contribution in [0.15, 0.2) is 65.8 Å². The fourth-order valence-corrected chi connectivity index (χ4v) is 5.30. The number of thioether (sulfide) groups is 1. The highest BCUT2D eigenvalue weighted by Crippen LogP contribution is 2.39. The lowest BCUT2D eigenvalue weighted by Crippen LogP contribution is -2.30. The van der Waals surface area contributed by atoms with Gasteiger partial charge in [0.05, 0.1) is 23.4 Å². The summed E-state index contributed by atoms with van der Waals surface area (Å²) in [5.74, 6) is 1.32. The van der Waals surface area contributed by atoms with Gasteiger partial charge in [0, 0.05) is 29.5 Å². The molecule has 0 aliphatic carbocycles. The van der Waals surface area contributed by atoms with E-state index in [0.29, 0.717) is 40.1 Å². The van der Waals surface area contributed by atoms with Crippen molar-refractivity contribution < 1.29 is 9.53 Å². The van der Waals surface area contributed by atoms with Gasteiger partial charge in [0.1, 0.15) is 11.3 Å². The van der Waals surface area contributed by atoms with Crippen LogP contribution in [0.2, 0.25) is 5.02 Å². The average Bonchev–Trinajstić information content (AvgIpc) is 3.26. The first-order valence-corrected chi connectivity index (χ1v) is 12.2. The zero-order valence-electron chi connectivity index (χ0n) is 17.7. The molecule has 5 nitrogen and oxygen atoms in total. The molecule has 164 valence electrons. The molecular weight excluding hydrogens is 462 g/mol. The summed E-state index contributed by atoms with van der Waals surface area (Å²) in [4.78, 5) is 25.1. The van der Waals surface area contributed by atoms with Crippen LogP contribution in [-0.2, 0) is 11.3 Å². The summed E-state index contributed by atoms with van der Waals surface area (Å²) in [6, 6.07) is 15.7. The topological polar surface area (TPSA) is 55.3 Å². The van der Waals surface area contributed by atoms with Gasteiger partial charge in [-0.25, -0.2) is 4.98 Å². The lowest BCUT2D eigenvalue weighted by atomic mass is 10.2. The molecule has 4 aromatic rings. The third-order valence-corrected chi connectivity index (χ3v) is 7.42. The van der Waals surface area contributed by atoms with Gasteiger partial charge in [-0.1, -0.05) is 46.7 Å². The van der Waals surface area contributed by atoms with E-state index in [2.05, 4.69) is 36.2 Å². The van der Waals surface area contributed by atoms with E-state index in [-0.39, 0.29) is 5.91 Å². The molecule has 0 radical (unpaired) electrons. The number of halogens is 1. The van der Waals surface area contributed by atoms with Crippen molar-refractivity contribution in [1.29, 1.82) is 0 Å². The summed E-state index contributed by atoms with van der Waals surface area (Å²) < 4.78 is 6.25. The van der Waals surface area contributed by atoms with Gasteiger partial charge >= 0.3 is 0 Å². The standard InChI is InChI=1S/C24H22ClN3O2S2/c1-16-5-7-18(8-6-16)31-13-11-21(29)28(15-17-4-3-12-26-14-17)24-27-22-20(30-2)10-9-19(25)23(22)32-24/h3-10,12,14H,11,13,15H2,1-2H3. The molecule has 0 N–H and O–H groups in total. The number of hydrogen-bond donors (Lipinski definition) is 0. The number of amides is 1. The molecule has 0 fully saturated rings. The van der Waals surface area contributed by atoms with Gasteiger partial charge in [0.2, 0.25) is 5.91 Å². The van der Waals surface area contributed by atoms with Gasteiger partial charge < -0.3 is 4.74 Å². The van der Waals surface area contributed by atoms with Crippen molar-refractivity contribution in [1.82, 2.24) is 9.97 Å². The monoisotopic (exact) mass is 483 g/mol. The van der Waals surface area contributed by atoms with Crippen molar-refractivity contribution in [3.05, 3.63) is 77.1 Å². The molecule has 8 heteroatoms. The average molecular weight is 484 g/mol. The summed E-state index contributed by atoms with van der Waals surface area (Å²) >= 11 is 9.47. The van der Waals surface area contributed by atoms with Crippen LogP contribution in [0, 0.1) is 6.92 Å². The number of anilines is 1. The van der Waals surface area contributed by atoms with Crippen molar-refractivity contribution in [3.8, 4) is 5.75 Å². The molecule has 0 saturated carbocycles. The second-order valence-corrected chi connectivity index (χ2v) is 9.73. The first-order valence-electron chi connectivity index (χ1n) is 10.1. The minimum Gasteiger partial charge on any atom is -0.494 e. The number of aromatic nitrogens is 2. The van der Waals surface area contributed by atoms with E-state index in [1.54, 1.807) is 48.3 Å². The SMILES string of the molecule is COc1ccc(Cl)c2sc(N(Cc3cccnc3)C(=O)CCSc3ccc(C)cc3)nc12. The number of aryl methyl sites for hydroxylation is 1. The smallest absolute Gasteiger partial charge is 0.229 e. The molecule has 0 bridgehead atoms. The number of methoxy groups -OCH3 is 1. The minimum atomic E-state index is 0.00242. The first-order chi connectivity index (χ1) is 15.5. The van der Waals surface area contributed by atoms with Gasteiger partial charge in [-0.2, -0.15) is 0 Å². The lowest BCUT2D eigenvalue weighted by molar-refractivity contribution is -0.118. The number of carbonyl (C=O) groups excluding carboxylic acids is 1. The van der Waals surface area contributed by atoms with E-state index in [1.165, 1.54) is 16.9 Å². The Morgan fingerprint density at radius 2 is 2.00 bits per heavy atom. The van der Waals surface area contributed by atoms with Crippen LogP contribution >= 0.6 is 34.7 Å². The number of nitrogens with zero attached hydrogens (tertiary/aromatic N) is 3. The van der Waals surface area contributed by atoms with Crippen LogP contribution in [0.1, 0.15) is 17.5 Å². The highest BCUT2D eigenvalue weighted by atomic mass is 35.5. The zero-order valence-corrected chi connectivity index (χ0v) is 20.1. The van der Waals surface area contributed by atoms with Gasteiger partial charge in [-0.05, 0) is 42.8 Å². The van der Waals surface area contributed by atoms with Crippen LogP contribution in [0.3, 0.4) is 0 Å². The molecule has 2 aromatic heterocycles. The van der Waals surface area contributed by atoms with Crippen molar-refractivity contribution in [2.24, 2.45) is 0 Å². The number of thiazole rings is 1. The molecule has 0 aliphatic rings. The molecule has 2 aromatic carbocycles. The number of rotatable bonds is 8. The van der Waals surface area contributed by atoms with E-state index < -0.39 is 0 Å². The van der Waals surface area contributed by atoms with E-state index >= 15 is 0 Å². The van der Waals surface area contributed by atoms with Gasteiger partial charge in [-0.15, -0.1) is 11.8 Å². The van der Waals surface area contributed by atoms with E-state index in [1.807, 2.05) is 12.1 Å². The number of pyridine rings is 1. The third kappa shape index (κ3) is 5.23. The normalized spacial score (nSPS) is 11.0. The zero-order chi connectivity index (χ0) is 22.5. The number of ether oxygens (including phenoxy) is 1. The van der Waals surface area contributed by atoms with Crippen LogP contribution in [0.25, 0.3) is 10.2 Å².